The van der Waals surface area contributed by atoms with Crippen molar-refractivity contribution in [3.63, 3.8) is 0 Å². The van der Waals surface area contributed by atoms with Crippen LogP contribution in [-0.4, -0.2) is 26.4 Å². The molecular weight excluding hydrogens is 346 g/mol. The van der Waals surface area contributed by atoms with E-state index in [0.717, 1.165) is 30.8 Å². The Morgan fingerprint density at radius 2 is 2.04 bits per heavy atom. The fourth-order valence-corrected chi connectivity index (χ4v) is 3.79. The molecule has 2 aromatic rings. The molecule has 0 spiro atoms. The second-order valence-corrected chi connectivity index (χ2v) is 7.14. The van der Waals surface area contributed by atoms with E-state index >= 15 is 0 Å². The Morgan fingerprint density at radius 1 is 1.28 bits per heavy atom. The Morgan fingerprint density at radius 3 is 2.76 bits per heavy atom. The maximum absolute atomic E-state index is 13.6. The molecule has 1 heterocycles. The van der Waals surface area contributed by atoms with Gasteiger partial charge in [0, 0.05) is 19.0 Å². The van der Waals surface area contributed by atoms with Crippen molar-refractivity contribution in [2.45, 2.75) is 43.2 Å². The number of thioether (sulfide) groups is 1. The van der Waals surface area contributed by atoms with E-state index in [9.17, 15) is 13.6 Å². The summed E-state index contributed by atoms with van der Waals surface area (Å²) in [5, 5.41) is 11.6. The lowest BCUT2D eigenvalue weighted by atomic mass is 9.89. The Bertz CT molecular complexity index is 759. The van der Waals surface area contributed by atoms with Crippen molar-refractivity contribution in [2.75, 3.05) is 11.1 Å². The summed E-state index contributed by atoms with van der Waals surface area (Å²) in [6.45, 7) is 0. The summed E-state index contributed by atoms with van der Waals surface area (Å²) in [5.41, 5.74) is -0.0344. The second kappa shape index (κ2) is 7.95. The third-order valence-electron chi connectivity index (χ3n) is 4.38. The summed E-state index contributed by atoms with van der Waals surface area (Å²) < 4.78 is 28.4. The highest BCUT2D eigenvalue weighted by atomic mass is 32.2. The molecule has 1 aliphatic carbocycles. The Labute approximate surface area is 149 Å². The van der Waals surface area contributed by atoms with Crippen LogP contribution in [0.25, 0.3) is 0 Å². The highest BCUT2D eigenvalue weighted by Crippen LogP contribution is 2.32. The minimum atomic E-state index is -0.795. The van der Waals surface area contributed by atoms with Gasteiger partial charge in [-0.1, -0.05) is 31.0 Å². The number of carbonyl (C=O) groups excluding carboxylic acids is 1. The van der Waals surface area contributed by atoms with Crippen molar-refractivity contribution in [1.29, 1.82) is 0 Å². The topological polar surface area (TPSA) is 59.8 Å². The average molecular weight is 366 g/mol. The molecule has 0 saturated heterocycles. The summed E-state index contributed by atoms with van der Waals surface area (Å²) in [6.07, 6.45) is 5.95. The van der Waals surface area contributed by atoms with Crippen LogP contribution in [0.5, 0.6) is 0 Å². The van der Waals surface area contributed by atoms with Crippen molar-refractivity contribution in [3.05, 3.63) is 35.7 Å². The van der Waals surface area contributed by atoms with E-state index in [4.69, 9.17) is 0 Å². The molecule has 0 unspecified atom stereocenters. The Kier molecular flexibility index (Phi) is 5.67. The van der Waals surface area contributed by atoms with Crippen LogP contribution in [0.1, 0.15) is 43.8 Å². The lowest BCUT2D eigenvalue weighted by Gasteiger charge is -2.20. The van der Waals surface area contributed by atoms with Crippen molar-refractivity contribution >= 4 is 23.4 Å². The normalized spacial score (nSPS) is 15.3. The van der Waals surface area contributed by atoms with Gasteiger partial charge in [-0.25, -0.2) is 8.78 Å². The first-order valence-corrected chi connectivity index (χ1v) is 9.30. The molecule has 0 atom stereocenters. The maximum Gasteiger partial charge on any atom is 0.234 e. The first-order valence-electron chi connectivity index (χ1n) is 8.31. The van der Waals surface area contributed by atoms with E-state index in [0.29, 0.717) is 11.1 Å². The molecule has 1 aromatic carbocycles. The van der Waals surface area contributed by atoms with Crippen LogP contribution in [0.4, 0.5) is 14.5 Å². The van der Waals surface area contributed by atoms with Gasteiger partial charge in [-0.3, -0.25) is 4.79 Å². The minimum absolute atomic E-state index is 0.0344. The lowest BCUT2D eigenvalue weighted by molar-refractivity contribution is -0.113. The van der Waals surface area contributed by atoms with Crippen LogP contribution in [-0.2, 0) is 11.8 Å². The van der Waals surface area contributed by atoms with Gasteiger partial charge >= 0.3 is 0 Å². The number of aromatic nitrogens is 3. The van der Waals surface area contributed by atoms with Crippen molar-refractivity contribution < 1.29 is 13.6 Å². The van der Waals surface area contributed by atoms with Crippen molar-refractivity contribution in [2.24, 2.45) is 7.05 Å². The van der Waals surface area contributed by atoms with Gasteiger partial charge in [-0.15, -0.1) is 10.2 Å². The fraction of sp³-hybridized carbons (Fsp3) is 0.471. The number of hydrogen-bond donors (Lipinski definition) is 1. The van der Waals surface area contributed by atoms with Crippen LogP contribution >= 0.6 is 11.8 Å². The molecule has 1 saturated carbocycles. The smallest absolute Gasteiger partial charge is 0.234 e. The average Bonchev–Trinajstić information content (AvgIpc) is 2.97. The molecule has 0 radical (unpaired) electrons. The van der Waals surface area contributed by atoms with Crippen LogP contribution < -0.4 is 5.32 Å². The van der Waals surface area contributed by atoms with Crippen molar-refractivity contribution in [3.8, 4) is 0 Å². The molecule has 1 aromatic heterocycles. The number of halogens is 2. The van der Waals surface area contributed by atoms with Gasteiger partial charge < -0.3 is 9.88 Å². The largest absolute Gasteiger partial charge is 0.323 e. The van der Waals surface area contributed by atoms with Crippen LogP contribution in [0.15, 0.2) is 23.4 Å². The molecule has 25 heavy (non-hydrogen) atoms. The highest BCUT2D eigenvalue weighted by Gasteiger charge is 2.22. The molecule has 0 bridgehead atoms. The number of anilines is 1. The molecule has 0 aliphatic heterocycles. The highest BCUT2D eigenvalue weighted by molar-refractivity contribution is 7.99. The number of amides is 1. The minimum Gasteiger partial charge on any atom is -0.323 e. The molecular formula is C17H20F2N4OS. The van der Waals surface area contributed by atoms with E-state index in [1.165, 1.54) is 37.1 Å². The summed E-state index contributed by atoms with van der Waals surface area (Å²) >= 11 is 1.25. The number of rotatable bonds is 5. The molecule has 1 N–H and O–H groups in total. The third kappa shape index (κ3) is 4.36. The zero-order valence-electron chi connectivity index (χ0n) is 14.0. The van der Waals surface area contributed by atoms with Crippen LogP contribution in [0.3, 0.4) is 0 Å². The molecule has 3 rings (SSSR count). The van der Waals surface area contributed by atoms with E-state index in [1.807, 2.05) is 11.6 Å². The summed E-state index contributed by atoms with van der Waals surface area (Å²) in [4.78, 5) is 12.0. The monoisotopic (exact) mass is 366 g/mol. The van der Waals surface area contributed by atoms with Gasteiger partial charge in [-0.05, 0) is 25.0 Å². The number of benzene rings is 1. The predicted octanol–water partition coefficient (Wildman–Crippen LogP) is 3.87. The van der Waals surface area contributed by atoms with E-state index in [1.54, 1.807) is 0 Å². The van der Waals surface area contributed by atoms with E-state index in [-0.39, 0.29) is 17.3 Å². The van der Waals surface area contributed by atoms with Gasteiger partial charge in [0.2, 0.25) is 5.91 Å². The number of nitrogens with one attached hydrogen (secondary N) is 1. The van der Waals surface area contributed by atoms with Crippen molar-refractivity contribution in [1.82, 2.24) is 14.8 Å². The molecule has 134 valence electrons. The Hall–Kier alpha value is -1.96. The standard InChI is InChI=1S/C17H20F2N4OS/c1-23-16(11-5-3-2-4-6-11)21-22-17(23)25-10-15(24)20-14-8-7-12(18)9-13(14)19/h7-9,11H,2-6,10H2,1H3,(H,20,24). The van der Waals surface area contributed by atoms with Gasteiger partial charge in [0.1, 0.15) is 17.5 Å². The molecule has 8 heteroatoms. The predicted molar refractivity (Wildman–Crippen MR) is 92.5 cm³/mol. The Balaban J connectivity index is 1.58. The lowest BCUT2D eigenvalue weighted by Crippen LogP contribution is -2.16. The number of nitrogens with zero attached hydrogens (tertiary/aromatic N) is 3. The molecule has 1 amide bonds. The quantitative estimate of drug-likeness (QED) is 0.816. The zero-order chi connectivity index (χ0) is 17.8. The number of carbonyl (C=O) groups is 1. The fourth-order valence-electron chi connectivity index (χ4n) is 3.08. The van der Waals surface area contributed by atoms with Gasteiger partial charge in [0.05, 0.1) is 11.4 Å². The van der Waals surface area contributed by atoms with E-state index < -0.39 is 11.6 Å². The molecule has 1 fully saturated rings. The van der Waals surface area contributed by atoms with Gasteiger partial charge in [-0.2, -0.15) is 0 Å². The summed E-state index contributed by atoms with van der Waals surface area (Å²) in [6, 6.07) is 3.05. The van der Waals surface area contributed by atoms with Crippen LogP contribution in [0.2, 0.25) is 0 Å². The van der Waals surface area contributed by atoms with E-state index in [2.05, 4.69) is 15.5 Å². The SMILES string of the molecule is Cn1c(SCC(=O)Nc2ccc(F)cc2F)nnc1C1CCCCC1. The summed E-state index contributed by atoms with van der Waals surface area (Å²) in [7, 11) is 1.91. The molecule has 5 nitrogen and oxygen atoms in total. The second-order valence-electron chi connectivity index (χ2n) is 6.20. The molecule has 1 aliphatic rings. The van der Waals surface area contributed by atoms with Gasteiger partial charge in [0.25, 0.3) is 0 Å². The first-order chi connectivity index (χ1) is 12.0. The number of hydrogen-bond acceptors (Lipinski definition) is 4. The first kappa shape index (κ1) is 17.8. The van der Waals surface area contributed by atoms with Crippen LogP contribution in [0, 0.1) is 11.6 Å². The maximum atomic E-state index is 13.6. The third-order valence-corrected chi connectivity index (χ3v) is 5.40. The zero-order valence-corrected chi connectivity index (χ0v) is 14.8. The van der Waals surface area contributed by atoms with Gasteiger partial charge in [0.15, 0.2) is 5.16 Å². The summed E-state index contributed by atoms with van der Waals surface area (Å²) in [5.74, 6) is -0.378.